The summed E-state index contributed by atoms with van der Waals surface area (Å²) in [7, 11) is 0. The van der Waals surface area contributed by atoms with Gasteiger partial charge in [-0.1, -0.05) is 0 Å². The maximum absolute atomic E-state index is 13.5. The van der Waals surface area contributed by atoms with Crippen LogP contribution in [0.1, 0.15) is 19.9 Å². The molecule has 20 heavy (non-hydrogen) atoms. The largest absolute Gasteiger partial charge is 0.338 e. The summed E-state index contributed by atoms with van der Waals surface area (Å²) in [4.78, 5) is 10.5. The molecule has 1 heterocycles. The van der Waals surface area contributed by atoms with Gasteiger partial charge >= 0.3 is 0 Å². The molecule has 0 saturated heterocycles. The second-order valence-electron chi connectivity index (χ2n) is 5.08. The monoisotopic (exact) mass is 272 g/mol. The van der Waals surface area contributed by atoms with Crippen molar-refractivity contribution in [3.05, 3.63) is 52.3 Å². The van der Waals surface area contributed by atoms with E-state index in [1.54, 1.807) is 12.1 Å². The predicted octanol–water partition coefficient (Wildman–Crippen LogP) is 4.42. The summed E-state index contributed by atoms with van der Waals surface area (Å²) in [5.41, 5.74) is 1.78. The highest BCUT2D eigenvalue weighted by molar-refractivity contribution is 6.08. The molecule has 0 amide bonds. The lowest BCUT2D eigenvalue weighted by atomic mass is 10.1. The first-order valence-corrected chi connectivity index (χ1v) is 6.36. The highest BCUT2D eigenvalue weighted by Crippen LogP contribution is 2.34. The van der Waals surface area contributed by atoms with Crippen molar-refractivity contribution in [2.75, 3.05) is 0 Å². The number of hydrogen-bond acceptors (Lipinski definition) is 2. The smallest absolute Gasteiger partial charge is 0.270 e. The van der Waals surface area contributed by atoms with Crippen molar-refractivity contribution in [2.24, 2.45) is 0 Å². The molecule has 0 bridgehead atoms. The van der Waals surface area contributed by atoms with Crippen molar-refractivity contribution in [3.63, 3.8) is 0 Å². The summed E-state index contributed by atoms with van der Waals surface area (Å²) in [6.45, 7) is 4.06. The van der Waals surface area contributed by atoms with Crippen LogP contribution in [0.3, 0.4) is 0 Å². The minimum atomic E-state index is -0.433. The molecule has 0 spiro atoms. The highest BCUT2D eigenvalue weighted by atomic mass is 19.1. The molecule has 0 unspecified atom stereocenters. The minimum absolute atomic E-state index is 0.0181. The van der Waals surface area contributed by atoms with Crippen LogP contribution < -0.4 is 0 Å². The average Bonchev–Trinajstić information content (AvgIpc) is 2.71. The SMILES string of the molecule is CC(C)n1c2ccc(F)cc2c2cc([N+](=O)[O-])ccc21. The Morgan fingerprint density at radius 1 is 1.10 bits per heavy atom. The number of halogens is 1. The average molecular weight is 272 g/mol. The van der Waals surface area contributed by atoms with E-state index in [0.29, 0.717) is 10.8 Å². The van der Waals surface area contributed by atoms with Crippen LogP contribution >= 0.6 is 0 Å². The second-order valence-corrected chi connectivity index (χ2v) is 5.08. The number of rotatable bonds is 2. The molecule has 1 aromatic heterocycles. The number of fused-ring (bicyclic) bond motifs is 3. The van der Waals surface area contributed by atoms with Crippen LogP contribution in [0, 0.1) is 15.9 Å². The third-order valence-electron chi connectivity index (χ3n) is 3.48. The Bertz CT molecular complexity index is 837. The fourth-order valence-corrected chi connectivity index (χ4v) is 2.68. The lowest BCUT2D eigenvalue weighted by Gasteiger charge is -2.11. The maximum atomic E-state index is 13.5. The van der Waals surface area contributed by atoms with Crippen LogP contribution in [0.2, 0.25) is 0 Å². The molecule has 0 radical (unpaired) electrons. The molecule has 0 fully saturated rings. The van der Waals surface area contributed by atoms with E-state index < -0.39 is 4.92 Å². The van der Waals surface area contributed by atoms with Crippen LogP contribution in [0.5, 0.6) is 0 Å². The molecule has 0 aliphatic heterocycles. The van der Waals surface area contributed by atoms with E-state index in [1.165, 1.54) is 24.3 Å². The van der Waals surface area contributed by atoms with Gasteiger partial charge in [-0.2, -0.15) is 0 Å². The fraction of sp³-hybridized carbons (Fsp3) is 0.200. The van der Waals surface area contributed by atoms with Crippen molar-refractivity contribution < 1.29 is 9.31 Å². The molecule has 102 valence electrons. The second kappa shape index (κ2) is 4.30. The normalized spacial score (nSPS) is 11.6. The van der Waals surface area contributed by atoms with Gasteiger partial charge in [0.25, 0.3) is 5.69 Å². The molecule has 3 aromatic rings. The first-order chi connectivity index (χ1) is 9.49. The van der Waals surface area contributed by atoms with E-state index in [1.807, 2.05) is 13.8 Å². The summed E-state index contributed by atoms with van der Waals surface area (Å²) in [5, 5.41) is 12.3. The molecule has 0 saturated carbocycles. The third kappa shape index (κ3) is 1.74. The van der Waals surface area contributed by atoms with E-state index in [9.17, 15) is 14.5 Å². The number of aromatic nitrogens is 1. The standard InChI is InChI=1S/C15H13FN2O2/c1-9(2)17-14-5-3-10(16)7-12(14)13-8-11(18(19)20)4-6-15(13)17/h3-9H,1-2H3. The summed E-state index contributed by atoms with van der Waals surface area (Å²) in [5.74, 6) is -0.341. The van der Waals surface area contributed by atoms with Gasteiger partial charge in [0.15, 0.2) is 0 Å². The van der Waals surface area contributed by atoms with E-state index in [4.69, 9.17) is 0 Å². The van der Waals surface area contributed by atoms with Crippen LogP contribution in [0.15, 0.2) is 36.4 Å². The number of non-ortho nitro benzene ring substituents is 1. The van der Waals surface area contributed by atoms with Gasteiger partial charge in [-0.25, -0.2) is 4.39 Å². The van der Waals surface area contributed by atoms with Gasteiger partial charge in [-0.3, -0.25) is 10.1 Å². The van der Waals surface area contributed by atoms with Gasteiger partial charge in [0, 0.05) is 40.0 Å². The number of nitro benzene ring substituents is 1. The highest BCUT2D eigenvalue weighted by Gasteiger charge is 2.16. The summed E-state index contributed by atoms with van der Waals surface area (Å²) in [6, 6.07) is 9.46. The number of nitrogens with zero attached hydrogens (tertiary/aromatic N) is 2. The quantitative estimate of drug-likeness (QED) is 0.512. The van der Waals surface area contributed by atoms with Crippen LogP contribution in [0.25, 0.3) is 21.8 Å². The van der Waals surface area contributed by atoms with Gasteiger partial charge < -0.3 is 4.57 Å². The number of benzene rings is 2. The van der Waals surface area contributed by atoms with Crippen molar-refractivity contribution >= 4 is 27.5 Å². The molecular formula is C15H13FN2O2. The van der Waals surface area contributed by atoms with Crippen LogP contribution in [-0.4, -0.2) is 9.49 Å². The summed E-state index contributed by atoms with van der Waals surface area (Å²) in [6.07, 6.45) is 0. The lowest BCUT2D eigenvalue weighted by Crippen LogP contribution is -1.99. The first kappa shape index (κ1) is 12.6. The molecule has 4 nitrogen and oxygen atoms in total. The zero-order valence-corrected chi connectivity index (χ0v) is 11.1. The Kier molecular flexibility index (Phi) is 2.71. The predicted molar refractivity (Wildman–Crippen MR) is 76.4 cm³/mol. The van der Waals surface area contributed by atoms with Gasteiger partial charge in [0.1, 0.15) is 5.82 Å². The molecule has 2 aromatic carbocycles. The Labute approximate surface area is 114 Å². The van der Waals surface area contributed by atoms with E-state index >= 15 is 0 Å². The Balaban J connectivity index is 2.50. The molecule has 0 aliphatic carbocycles. The molecule has 0 aliphatic rings. The number of hydrogen-bond donors (Lipinski definition) is 0. The van der Waals surface area contributed by atoms with Gasteiger partial charge in [-0.15, -0.1) is 0 Å². The molecule has 0 N–H and O–H groups in total. The van der Waals surface area contributed by atoms with Gasteiger partial charge in [0.2, 0.25) is 0 Å². The first-order valence-electron chi connectivity index (χ1n) is 6.36. The van der Waals surface area contributed by atoms with Gasteiger partial charge in [-0.05, 0) is 38.1 Å². The topological polar surface area (TPSA) is 48.1 Å². The molecule has 3 rings (SSSR count). The molecular weight excluding hydrogens is 259 g/mol. The summed E-state index contributed by atoms with van der Waals surface area (Å²) >= 11 is 0. The number of nitro groups is 1. The van der Waals surface area contributed by atoms with Crippen LogP contribution in [-0.2, 0) is 0 Å². The zero-order valence-electron chi connectivity index (χ0n) is 11.1. The van der Waals surface area contributed by atoms with Crippen molar-refractivity contribution in [1.82, 2.24) is 4.57 Å². The van der Waals surface area contributed by atoms with Gasteiger partial charge in [0.05, 0.1) is 4.92 Å². The van der Waals surface area contributed by atoms with Crippen LogP contribution in [0.4, 0.5) is 10.1 Å². The molecule has 5 heteroatoms. The van der Waals surface area contributed by atoms with Crippen molar-refractivity contribution in [2.45, 2.75) is 19.9 Å². The van der Waals surface area contributed by atoms with Crippen molar-refractivity contribution in [3.8, 4) is 0 Å². The van der Waals surface area contributed by atoms with Crippen molar-refractivity contribution in [1.29, 1.82) is 0 Å². The fourth-order valence-electron chi connectivity index (χ4n) is 2.68. The Hall–Kier alpha value is -2.43. The lowest BCUT2D eigenvalue weighted by molar-refractivity contribution is -0.384. The maximum Gasteiger partial charge on any atom is 0.270 e. The minimum Gasteiger partial charge on any atom is -0.338 e. The zero-order chi connectivity index (χ0) is 14.4. The Morgan fingerprint density at radius 3 is 2.30 bits per heavy atom. The third-order valence-corrected chi connectivity index (χ3v) is 3.48. The van der Waals surface area contributed by atoms with E-state index in [2.05, 4.69) is 4.57 Å². The summed E-state index contributed by atoms with van der Waals surface area (Å²) < 4.78 is 15.6. The van der Waals surface area contributed by atoms with E-state index in [0.717, 1.165) is 11.0 Å². The van der Waals surface area contributed by atoms with E-state index in [-0.39, 0.29) is 17.5 Å². The molecule has 0 atom stereocenters. The Morgan fingerprint density at radius 2 is 1.70 bits per heavy atom.